The second kappa shape index (κ2) is 9.50. The van der Waals surface area contributed by atoms with E-state index in [1.165, 1.54) is 0 Å². The van der Waals surface area contributed by atoms with Gasteiger partial charge in [-0.3, -0.25) is 19.1 Å². The molecule has 2 fully saturated rings. The van der Waals surface area contributed by atoms with Crippen LogP contribution in [0.1, 0.15) is 53.0 Å². The first-order valence-corrected chi connectivity index (χ1v) is 12.5. The number of carbonyl (C=O) groups is 1. The molecule has 3 heterocycles. The second-order valence-corrected chi connectivity index (χ2v) is 9.61. The van der Waals surface area contributed by atoms with E-state index in [2.05, 4.69) is 25.1 Å². The summed E-state index contributed by atoms with van der Waals surface area (Å²) in [6.45, 7) is 6.87. The fraction of sp³-hybridized carbons (Fsp3) is 0.462. The highest BCUT2D eigenvalue weighted by molar-refractivity contribution is 5.97. The lowest BCUT2D eigenvalue weighted by Gasteiger charge is -2.36. The van der Waals surface area contributed by atoms with Gasteiger partial charge in [-0.25, -0.2) is 14.2 Å². The highest BCUT2D eigenvalue weighted by Crippen LogP contribution is 2.43. The molecule has 1 aliphatic carbocycles. The van der Waals surface area contributed by atoms with E-state index in [1.807, 2.05) is 25.1 Å². The number of aromatic nitrogens is 3. The van der Waals surface area contributed by atoms with Crippen molar-refractivity contribution in [2.24, 2.45) is 0 Å². The van der Waals surface area contributed by atoms with Gasteiger partial charge < -0.3 is 15.2 Å². The first-order valence-electron chi connectivity index (χ1n) is 12.5. The monoisotopic (exact) mass is 494 g/mol. The van der Waals surface area contributed by atoms with Gasteiger partial charge in [0.05, 0.1) is 16.6 Å². The van der Waals surface area contributed by atoms with Crippen LogP contribution in [-0.4, -0.2) is 58.6 Å². The Hall–Kier alpha value is -3.53. The van der Waals surface area contributed by atoms with Crippen LogP contribution in [0.25, 0.3) is 10.9 Å². The lowest BCUT2D eigenvalue weighted by molar-refractivity contribution is 0.0958. The van der Waals surface area contributed by atoms with Crippen LogP contribution in [0.3, 0.4) is 0 Å². The summed E-state index contributed by atoms with van der Waals surface area (Å²) in [7, 11) is 1.59. The third kappa shape index (κ3) is 4.30. The average molecular weight is 495 g/mol. The largest absolute Gasteiger partial charge is 0.367 e. The summed E-state index contributed by atoms with van der Waals surface area (Å²) >= 11 is 0. The molecular weight excluding hydrogens is 463 g/mol. The fourth-order valence-electron chi connectivity index (χ4n) is 5.08. The number of anilines is 1. The van der Waals surface area contributed by atoms with Crippen molar-refractivity contribution < 1.29 is 9.18 Å². The third-order valence-corrected chi connectivity index (χ3v) is 7.20. The van der Waals surface area contributed by atoms with Gasteiger partial charge in [-0.1, -0.05) is 6.07 Å². The minimum absolute atomic E-state index is 0.0219. The predicted octanol–water partition coefficient (Wildman–Crippen LogP) is 2.11. The molecule has 190 valence electrons. The molecule has 36 heavy (non-hydrogen) atoms. The van der Waals surface area contributed by atoms with E-state index in [4.69, 9.17) is 0 Å². The maximum absolute atomic E-state index is 15.6. The summed E-state index contributed by atoms with van der Waals surface area (Å²) in [5.41, 5.74) is 2.32. The Balaban J connectivity index is 1.41. The second-order valence-electron chi connectivity index (χ2n) is 9.61. The van der Waals surface area contributed by atoms with E-state index < -0.39 is 17.1 Å². The molecule has 1 saturated carbocycles. The first kappa shape index (κ1) is 24.2. The van der Waals surface area contributed by atoms with E-state index >= 15 is 4.39 Å². The molecule has 10 heteroatoms. The van der Waals surface area contributed by atoms with Gasteiger partial charge in [-0.15, -0.1) is 0 Å². The smallest absolute Gasteiger partial charge is 0.328 e. The van der Waals surface area contributed by atoms with Crippen molar-refractivity contribution in [1.29, 1.82) is 0 Å². The normalized spacial score (nSPS) is 16.5. The Morgan fingerprint density at radius 2 is 1.92 bits per heavy atom. The maximum Gasteiger partial charge on any atom is 0.328 e. The Labute approximate surface area is 207 Å². The van der Waals surface area contributed by atoms with Gasteiger partial charge in [0.15, 0.2) is 11.5 Å². The van der Waals surface area contributed by atoms with Crippen LogP contribution in [0, 0.1) is 12.7 Å². The number of H-pyrrole nitrogens is 1. The average Bonchev–Trinajstić information content (AvgIpc) is 3.72. The number of rotatable bonds is 6. The van der Waals surface area contributed by atoms with Gasteiger partial charge in [0.25, 0.3) is 11.5 Å². The maximum atomic E-state index is 15.6. The Morgan fingerprint density at radius 3 is 2.56 bits per heavy atom. The Morgan fingerprint density at radius 1 is 1.19 bits per heavy atom. The summed E-state index contributed by atoms with van der Waals surface area (Å²) in [6, 6.07) is 5.65. The number of hydrogen-bond donors (Lipinski definition) is 2. The lowest BCUT2D eigenvalue weighted by atomic mass is 10.00. The van der Waals surface area contributed by atoms with Crippen molar-refractivity contribution in [1.82, 2.24) is 24.8 Å². The summed E-state index contributed by atoms with van der Waals surface area (Å²) in [4.78, 5) is 49.1. The minimum atomic E-state index is -0.583. The molecule has 3 aromatic rings. The van der Waals surface area contributed by atoms with Crippen molar-refractivity contribution in [2.75, 3.05) is 38.1 Å². The number of fused-ring (bicyclic) bond motifs is 1. The van der Waals surface area contributed by atoms with Gasteiger partial charge >= 0.3 is 5.69 Å². The molecule has 0 radical (unpaired) electrons. The molecule has 5 rings (SSSR count). The zero-order valence-corrected chi connectivity index (χ0v) is 20.9. The number of piperazine rings is 1. The standard InChI is InChI=1S/C26H31FN6O3/c1-4-33-25(35)20-18(16-6-7-16)13-17(21(27)23(20)30-26(33)36)14-31-9-11-32(12-10-31)19-8-5-15(2)29-22(19)24(34)28-3/h5,8,13,16H,4,6-7,9-12,14H2,1-3H3,(H,28,34)(H,30,36). The summed E-state index contributed by atoms with van der Waals surface area (Å²) in [6.07, 6.45) is 1.92. The molecule has 9 nitrogen and oxygen atoms in total. The van der Waals surface area contributed by atoms with E-state index in [0.29, 0.717) is 49.4 Å². The van der Waals surface area contributed by atoms with Crippen LogP contribution in [0.15, 0.2) is 27.8 Å². The number of amides is 1. The molecule has 2 aliphatic rings. The molecule has 0 bridgehead atoms. The fourth-order valence-corrected chi connectivity index (χ4v) is 5.08. The molecular formula is C26H31FN6O3. The van der Waals surface area contributed by atoms with Gasteiger partial charge in [0, 0.05) is 57.6 Å². The first-order chi connectivity index (χ1) is 17.3. The molecule has 2 aromatic heterocycles. The number of aryl methyl sites for hydroxylation is 1. The molecule has 0 unspecified atom stereocenters. The van der Waals surface area contributed by atoms with Crippen LogP contribution >= 0.6 is 0 Å². The number of hydrogen-bond acceptors (Lipinski definition) is 6. The number of halogens is 1. The SMILES string of the molecule is CCn1c(=O)[nH]c2c(F)c(CN3CCN(c4ccc(C)nc4C(=O)NC)CC3)cc(C3CC3)c2c1=O. The van der Waals surface area contributed by atoms with Crippen LogP contribution in [0.2, 0.25) is 0 Å². The van der Waals surface area contributed by atoms with E-state index in [-0.39, 0.29) is 23.9 Å². The number of pyridine rings is 1. The number of benzene rings is 1. The Kier molecular flexibility index (Phi) is 6.38. The summed E-state index contributed by atoms with van der Waals surface area (Å²) in [5.74, 6) is -0.526. The highest BCUT2D eigenvalue weighted by Gasteiger charge is 2.30. The molecule has 0 spiro atoms. The minimum Gasteiger partial charge on any atom is -0.367 e. The predicted molar refractivity (Wildman–Crippen MR) is 136 cm³/mol. The van der Waals surface area contributed by atoms with E-state index in [1.54, 1.807) is 14.0 Å². The van der Waals surface area contributed by atoms with Crippen LogP contribution in [0.4, 0.5) is 10.1 Å². The zero-order valence-electron chi connectivity index (χ0n) is 20.9. The van der Waals surface area contributed by atoms with Gasteiger partial charge in [0.2, 0.25) is 0 Å². The Bertz CT molecular complexity index is 1450. The third-order valence-electron chi connectivity index (χ3n) is 7.20. The van der Waals surface area contributed by atoms with E-state index in [9.17, 15) is 14.4 Å². The van der Waals surface area contributed by atoms with Gasteiger partial charge in [-0.2, -0.15) is 0 Å². The number of nitrogens with one attached hydrogen (secondary N) is 2. The number of carbonyl (C=O) groups excluding carboxylic acids is 1. The quantitative estimate of drug-likeness (QED) is 0.544. The summed E-state index contributed by atoms with van der Waals surface area (Å²) in [5, 5.41) is 2.96. The lowest BCUT2D eigenvalue weighted by Crippen LogP contribution is -2.46. The van der Waals surface area contributed by atoms with Crippen molar-refractivity contribution in [2.45, 2.75) is 45.7 Å². The molecule has 2 N–H and O–H groups in total. The van der Waals surface area contributed by atoms with Crippen molar-refractivity contribution >= 4 is 22.5 Å². The number of nitrogens with zero attached hydrogens (tertiary/aromatic N) is 4. The molecule has 1 aromatic carbocycles. The van der Waals surface area contributed by atoms with Crippen LogP contribution < -0.4 is 21.5 Å². The van der Waals surface area contributed by atoms with Crippen LogP contribution in [-0.2, 0) is 13.1 Å². The molecule has 1 amide bonds. The van der Waals surface area contributed by atoms with E-state index in [0.717, 1.165) is 34.4 Å². The van der Waals surface area contributed by atoms with Gasteiger partial charge in [-0.05, 0) is 50.3 Å². The van der Waals surface area contributed by atoms with Gasteiger partial charge in [0.1, 0.15) is 0 Å². The molecule has 0 atom stereocenters. The van der Waals surface area contributed by atoms with Crippen LogP contribution in [0.5, 0.6) is 0 Å². The highest BCUT2D eigenvalue weighted by atomic mass is 19.1. The summed E-state index contributed by atoms with van der Waals surface area (Å²) < 4.78 is 16.8. The van der Waals surface area contributed by atoms with Crippen molar-refractivity contribution in [3.8, 4) is 0 Å². The topological polar surface area (TPSA) is 103 Å². The van der Waals surface area contributed by atoms with Crippen molar-refractivity contribution in [3.05, 3.63) is 67.4 Å². The van der Waals surface area contributed by atoms with Crippen molar-refractivity contribution in [3.63, 3.8) is 0 Å². The molecule has 1 aliphatic heterocycles. The molecule has 1 saturated heterocycles. The zero-order chi connectivity index (χ0) is 25.6. The number of aromatic amines is 1.